The van der Waals surface area contributed by atoms with Crippen molar-refractivity contribution in [3.8, 4) is 0 Å². The van der Waals surface area contributed by atoms with E-state index >= 15 is 0 Å². The van der Waals surface area contributed by atoms with Crippen LogP contribution in [-0.2, 0) is 6.54 Å². The molecule has 0 saturated carbocycles. The van der Waals surface area contributed by atoms with Crippen molar-refractivity contribution < 1.29 is 9.72 Å². The van der Waals surface area contributed by atoms with E-state index in [0.29, 0.717) is 11.1 Å². The first kappa shape index (κ1) is 16.0. The fourth-order valence-corrected chi connectivity index (χ4v) is 3.44. The zero-order valence-electron chi connectivity index (χ0n) is 14.2. The van der Waals surface area contributed by atoms with E-state index in [2.05, 4.69) is 4.57 Å². The van der Waals surface area contributed by atoms with Crippen LogP contribution < -0.4 is 0 Å². The molecular weight excluding hydrogens is 328 g/mol. The number of aryl methyl sites for hydroxylation is 1. The molecule has 0 aliphatic rings. The van der Waals surface area contributed by atoms with Gasteiger partial charge in [-0.3, -0.25) is 14.9 Å². The summed E-state index contributed by atoms with van der Waals surface area (Å²) in [6.45, 7) is 2.77. The summed E-state index contributed by atoms with van der Waals surface area (Å²) in [6.07, 6.45) is 0. The molecule has 1 heterocycles. The summed E-state index contributed by atoms with van der Waals surface area (Å²) >= 11 is 0. The second-order valence-corrected chi connectivity index (χ2v) is 6.13. The van der Waals surface area contributed by atoms with Gasteiger partial charge in [0.1, 0.15) is 0 Å². The monoisotopic (exact) mass is 344 g/mol. The number of rotatable bonds is 4. The molecule has 128 valence electrons. The number of nitro benzene ring substituents is 1. The maximum Gasteiger partial charge on any atom is 0.270 e. The fourth-order valence-electron chi connectivity index (χ4n) is 3.44. The first-order valence-electron chi connectivity index (χ1n) is 8.40. The van der Waals surface area contributed by atoms with Gasteiger partial charge in [0.25, 0.3) is 5.69 Å². The predicted molar refractivity (Wildman–Crippen MR) is 102 cm³/mol. The number of carbonyl (C=O) groups is 1. The van der Waals surface area contributed by atoms with E-state index in [1.54, 1.807) is 24.3 Å². The molecule has 0 fully saturated rings. The van der Waals surface area contributed by atoms with Crippen LogP contribution in [0.5, 0.6) is 0 Å². The number of ketones is 1. The summed E-state index contributed by atoms with van der Waals surface area (Å²) < 4.78 is 2.10. The Balaban J connectivity index is 1.97. The van der Waals surface area contributed by atoms with Gasteiger partial charge in [-0.2, -0.15) is 0 Å². The van der Waals surface area contributed by atoms with E-state index in [9.17, 15) is 14.9 Å². The van der Waals surface area contributed by atoms with Gasteiger partial charge in [0.2, 0.25) is 0 Å². The van der Waals surface area contributed by atoms with E-state index in [1.807, 2.05) is 43.3 Å². The minimum Gasteiger partial charge on any atom is -0.341 e. The molecule has 4 aromatic rings. The smallest absolute Gasteiger partial charge is 0.270 e. The molecule has 0 aliphatic carbocycles. The van der Waals surface area contributed by atoms with Crippen molar-refractivity contribution in [2.75, 3.05) is 0 Å². The zero-order valence-corrected chi connectivity index (χ0v) is 14.2. The highest BCUT2D eigenvalue weighted by molar-refractivity contribution is 6.15. The maximum atomic E-state index is 12.8. The molecule has 0 radical (unpaired) electrons. The second-order valence-electron chi connectivity index (χ2n) is 6.13. The van der Waals surface area contributed by atoms with Gasteiger partial charge in [-0.05, 0) is 31.2 Å². The Labute approximate surface area is 149 Å². The van der Waals surface area contributed by atoms with E-state index in [0.717, 1.165) is 28.4 Å². The third kappa shape index (κ3) is 2.45. The lowest BCUT2D eigenvalue weighted by molar-refractivity contribution is -0.384. The molecular formula is C21H16N2O3. The second kappa shape index (κ2) is 6.11. The van der Waals surface area contributed by atoms with Gasteiger partial charge >= 0.3 is 0 Å². The summed E-state index contributed by atoms with van der Waals surface area (Å²) in [4.78, 5) is 23.5. The van der Waals surface area contributed by atoms with Crippen LogP contribution in [0.3, 0.4) is 0 Å². The number of hydrogen-bond acceptors (Lipinski definition) is 3. The standard InChI is InChI=1S/C21H16N2O3/c1-2-22-19-10-8-15(21(24)14-6-4-3-5-7-14)12-17(19)18-13-16(23(25)26)9-11-20(18)22/h3-13H,2H2,1H3. The summed E-state index contributed by atoms with van der Waals surface area (Å²) in [5.41, 5.74) is 3.14. The maximum absolute atomic E-state index is 12.8. The van der Waals surface area contributed by atoms with E-state index in [1.165, 1.54) is 6.07 Å². The predicted octanol–water partition coefficient (Wildman–Crippen LogP) is 4.95. The van der Waals surface area contributed by atoms with Crippen LogP contribution in [0.2, 0.25) is 0 Å². The lowest BCUT2D eigenvalue weighted by atomic mass is 10.0. The molecule has 0 atom stereocenters. The Hall–Kier alpha value is -3.47. The number of non-ortho nitro benzene ring substituents is 1. The normalized spacial score (nSPS) is 11.1. The van der Waals surface area contributed by atoms with Crippen molar-refractivity contribution in [3.05, 3.63) is 88.0 Å². The average molecular weight is 344 g/mol. The van der Waals surface area contributed by atoms with Gasteiger partial charge in [0, 0.05) is 51.6 Å². The van der Waals surface area contributed by atoms with E-state index in [4.69, 9.17) is 0 Å². The first-order chi connectivity index (χ1) is 12.6. The number of fused-ring (bicyclic) bond motifs is 3. The number of carbonyl (C=O) groups excluding carboxylic acids is 1. The van der Waals surface area contributed by atoms with Crippen molar-refractivity contribution in [3.63, 3.8) is 0 Å². The summed E-state index contributed by atoms with van der Waals surface area (Å²) in [5, 5.41) is 12.8. The Kier molecular flexibility index (Phi) is 3.77. The third-order valence-corrected chi connectivity index (χ3v) is 4.67. The zero-order chi connectivity index (χ0) is 18.3. The number of hydrogen-bond donors (Lipinski definition) is 0. The molecule has 1 aromatic heterocycles. The van der Waals surface area contributed by atoms with Crippen LogP contribution in [0.15, 0.2) is 66.7 Å². The number of benzene rings is 3. The van der Waals surface area contributed by atoms with Gasteiger partial charge in [0.05, 0.1) is 4.92 Å². The Morgan fingerprint density at radius 1 is 0.923 bits per heavy atom. The topological polar surface area (TPSA) is 65.1 Å². The molecule has 0 bridgehead atoms. The fraction of sp³-hybridized carbons (Fsp3) is 0.0952. The van der Waals surface area contributed by atoms with Crippen molar-refractivity contribution in [1.82, 2.24) is 4.57 Å². The van der Waals surface area contributed by atoms with E-state index < -0.39 is 4.92 Å². The molecule has 0 saturated heterocycles. The molecule has 0 spiro atoms. The quantitative estimate of drug-likeness (QED) is 0.299. The van der Waals surface area contributed by atoms with Crippen molar-refractivity contribution >= 4 is 33.3 Å². The Morgan fingerprint density at radius 3 is 2.23 bits per heavy atom. The SMILES string of the molecule is CCn1c2ccc(C(=O)c3ccccc3)cc2c2cc([N+](=O)[O-])ccc21. The van der Waals surface area contributed by atoms with Crippen LogP contribution in [0.4, 0.5) is 5.69 Å². The minimum absolute atomic E-state index is 0.0486. The number of nitrogens with zero attached hydrogens (tertiary/aromatic N) is 2. The van der Waals surface area contributed by atoms with E-state index in [-0.39, 0.29) is 11.5 Å². The summed E-state index contributed by atoms with van der Waals surface area (Å²) in [7, 11) is 0. The molecule has 0 aliphatic heterocycles. The van der Waals surface area contributed by atoms with Gasteiger partial charge in [0.15, 0.2) is 5.78 Å². The van der Waals surface area contributed by atoms with Crippen molar-refractivity contribution in [2.24, 2.45) is 0 Å². The molecule has 3 aromatic carbocycles. The van der Waals surface area contributed by atoms with Gasteiger partial charge < -0.3 is 4.57 Å². The molecule has 26 heavy (non-hydrogen) atoms. The van der Waals surface area contributed by atoms with Crippen LogP contribution in [-0.4, -0.2) is 15.3 Å². The van der Waals surface area contributed by atoms with Crippen molar-refractivity contribution in [1.29, 1.82) is 0 Å². The molecule has 0 amide bonds. The average Bonchev–Trinajstić information content (AvgIpc) is 3.00. The highest BCUT2D eigenvalue weighted by Gasteiger charge is 2.16. The molecule has 0 N–H and O–H groups in total. The molecule has 4 rings (SSSR count). The summed E-state index contributed by atoms with van der Waals surface area (Å²) in [6, 6.07) is 19.5. The lowest BCUT2D eigenvalue weighted by Crippen LogP contribution is -2.01. The van der Waals surface area contributed by atoms with Gasteiger partial charge in [-0.15, -0.1) is 0 Å². The third-order valence-electron chi connectivity index (χ3n) is 4.67. The molecule has 5 nitrogen and oxygen atoms in total. The summed E-state index contributed by atoms with van der Waals surface area (Å²) in [5.74, 6) is -0.0599. The largest absolute Gasteiger partial charge is 0.341 e. The number of nitro groups is 1. The van der Waals surface area contributed by atoms with Crippen LogP contribution >= 0.6 is 0 Å². The van der Waals surface area contributed by atoms with Crippen LogP contribution in [0.25, 0.3) is 21.8 Å². The number of aromatic nitrogens is 1. The molecule has 5 heteroatoms. The van der Waals surface area contributed by atoms with Gasteiger partial charge in [-0.1, -0.05) is 30.3 Å². The Morgan fingerprint density at radius 2 is 1.58 bits per heavy atom. The highest BCUT2D eigenvalue weighted by Crippen LogP contribution is 2.32. The highest BCUT2D eigenvalue weighted by atomic mass is 16.6. The lowest BCUT2D eigenvalue weighted by Gasteiger charge is -2.04. The van der Waals surface area contributed by atoms with Crippen LogP contribution in [0, 0.1) is 10.1 Å². The van der Waals surface area contributed by atoms with Gasteiger partial charge in [-0.25, -0.2) is 0 Å². The van der Waals surface area contributed by atoms with Crippen LogP contribution in [0.1, 0.15) is 22.8 Å². The van der Waals surface area contributed by atoms with Crippen molar-refractivity contribution in [2.45, 2.75) is 13.5 Å². The minimum atomic E-state index is -0.395. The molecule has 0 unspecified atom stereocenters. The Bertz CT molecular complexity index is 1160. The first-order valence-corrected chi connectivity index (χ1v) is 8.40.